The molecule has 0 aromatic heterocycles. The van der Waals surface area contributed by atoms with Gasteiger partial charge in [-0.3, -0.25) is 4.79 Å². The molecule has 7 heteroatoms. The molecular weight excluding hydrogens is 524 g/mol. The molecule has 42 heavy (non-hydrogen) atoms. The van der Waals surface area contributed by atoms with Gasteiger partial charge in [-0.1, -0.05) is 42.5 Å². The molecule has 7 nitrogen and oxygen atoms in total. The third-order valence-electron chi connectivity index (χ3n) is 8.78. The smallest absolute Gasteiger partial charge is 0.253 e. The Labute approximate surface area is 245 Å². The van der Waals surface area contributed by atoms with Gasteiger partial charge in [0.2, 0.25) is 0 Å². The maximum atomic E-state index is 13.5. The van der Waals surface area contributed by atoms with Crippen LogP contribution in [0.25, 0.3) is 45.1 Å². The van der Waals surface area contributed by atoms with Gasteiger partial charge in [-0.25, -0.2) is 0 Å². The number of aromatic nitrogens is 1. The van der Waals surface area contributed by atoms with Crippen molar-refractivity contribution in [1.29, 1.82) is 0 Å². The standard InChI is InChI=1S/C35H38N4O3/c1-24-28-10-11-30(36-14-6-7-25-12-19-41-20-13-25)34-33(28)39(23-29(24)35(40)37-15-18-38-16-4-5-17-38)31-21-26-8-2-3-9-27(26)22-32(31)42-34/h2-3,8-12,21-23,36H,1,4-7,13-20H2,(H,37,40). The summed E-state index contributed by atoms with van der Waals surface area (Å²) in [6, 6.07) is 16.7. The van der Waals surface area contributed by atoms with Crippen molar-refractivity contribution in [2.75, 3.05) is 51.3 Å². The number of benzene rings is 3. The fourth-order valence-corrected chi connectivity index (χ4v) is 6.45. The highest BCUT2D eigenvalue weighted by Crippen LogP contribution is 2.36. The third-order valence-corrected chi connectivity index (χ3v) is 8.78. The molecule has 4 aliphatic heterocycles. The Kier molecular flexibility index (Phi) is 7.44. The Balaban J connectivity index is 1.27. The van der Waals surface area contributed by atoms with E-state index >= 15 is 0 Å². The molecule has 0 radical (unpaired) electrons. The second kappa shape index (κ2) is 11.7. The van der Waals surface area contributed by atoms with Crippen LogP contribution in [-0.2, 0) is 4.74 Å². The zero-order chi connectivity index (χ0) is 28.5. The van der Waals surface area contributed by atoms with Crippen LogP contribution in [0.15, 0.2) is 70.8 Å². The first-order valence-electron chi connectivity index (χ1n) is 15.2. The molecule has 1 saturated heterocycles. The highest BCUT2D eigenvalue weighted by atomic mass is 16.5. The predicted molar refractivity (Wildman–Crippen MR) is 171 cm³/mol. The van der Waals surface area contributed by atoms with E-state index in [9.17, 15) is 4.79 Å². The Hall–Kier alpha value is -4.07. The zero-order valence-electron chi connectivity index (χ0n) is 24.1. The van der Waals surface area contributed by atoms with Crippen LogP contribution in [0.1, 0.15) is 42.5 Å². The van der Waals surface area contributed by atoms with E-state index in [0.717, 1.165) is 103 Å². The minimum atomic E-state index is -0.0927. The van der Waals surface area contributed by atoms with Crippen LogP contribution < -0.4 is 15.9 Å². The second-order valence-corrected chi connectivity index (χ2v) is 11.5. The van der Waals surface area contributed by atoms with Crippen molar-refractivity contribution in [2.24, 2.45) is 0 Å². The molecule has 2 N–H and O–H groups in total. The van der Waals surface area contributed by atoms with Gasteiger partial charge < -0.3 is 29.3 Å². The number of carbonyl (C=O) groups excluding carboxylic acids is 1. The van der Waals surface area contributed by atoms with Gasteiger partial charge in [-0.05, 0) is 85.5 Å². The van der Waals surface area contributed by atoms with Gasteiger partial charge in [0.05, 0.1) is 35.7 Å². The van der Waals surface area contributed by atoms with Crippen LogP contribution in [-0.4, -0.2) is 61.3 Å². The quantitative estimate of drug-likeness (QED) is 0.0995. The van der Waals surface area contributed by atoms with E-state index < -0.39 is 0 Å². The summed E-state index contributed by atoms with van der Waals surface area (Å²) in [7, 11) is 0. The molecule has 1 amide bonds. The minimum Gasteiger partial charge on any atom is -0.451 e. The largest absolute Gasteiger partial charge is 0.451 e. The number of carbonyl (C=O) groups is 1. The number of nitrogens with zero attached hydrogens (tertiary/aromatic N) is 2. The second-order valence-electron chi connectivity index (χ2n) is 11.5. The van der Waals surface area contributed by atoms with Gasteiger partial charge in [-0.15, -0.1) is 0 Å². The van der Waals surface area contributed by atoms with E-state index in [1.165, 1.54) is 18.4 Å². The summed E-state index contributed by atoms with van der Waals surface area (Å²) in [5.74, 6) is -0.0927. The predicted octanol–water partition coefficient (Wildman–Crippen LogP) is 6.02. The highest BCUT2D eigenvalue weighted by molar-refractivity contribution is 6.03. The van der Waals surface area contributed by atoms with Gasteiger partial charge in [0.15, 0.2) is 11.2 Å². The number of pyridine rings is 1. The Bertz CT molecular complexity index is 1830. The summed E-state index contributed by atoms with van der Waals surface area (Å²) in [6.07, 6.45) is 9.75. The maximum Gasteiger partial charge on any atom is 0.253 e. The van der Waals surface area contributed by atoms with Crippen molar-refractivity contribution in [3.8, 4) is 5.69 Å². The Morgan fingerprint density at radius 1 is 1.02 bits per heavy atom. The first-order chi connectivity index (χ1) is 20.7. The molecule has 1 fully saturated rings. The number of amides is 1. The molecule has 3 aromatic carbocycles. The maximum absolute atomic E-state index is 13.5. The van der Waals surface area contributed by atoms with Crippen molar-refractivity contribution in [3.05, 3.63) is 77.2 Å². The van der Waals surface area contributed by atoms with E-state index in [-0.39, 0.29) is 5.91 Å². The Morgan fingerprint density at radius 3 is 2.67 bits per heavy atom. The van der Waals surface area contributed by atoms with Crippen LogP contribution in [0.4, 0.5) is 5.69 Å². The number of ether oxygens (including phenoxy) is 1. The lowest BCUT2D eigenvalue weighted by molar-refractivity contribution is 0.0948. The van der Waals surface area contributed by atoms with Gasteiger partial charge in [0.25, 0.3) is 5.91 Å². The summed E-state index contributed by atoms with van der Waals surface area (Å²) in [5, 5.41) is 10.6. The topological polar surface area (TPSA) is 71.7 Å². The molecule has 3 aromatic rings. The third kappa shape index (κ3) is 5.19. The number of likely N-dealkylation sites (tertiary alicyclic amines) is 1. The van der Waals surface area contributed by atoms with E-state index in [4.69, 9.17) is 9.15 Å². The fraction of sp³-hybridized carbons (Fsp3) is 0.343. The van der Waals surface area contributed by atoms with Crippen LogP contribution in [0.2, 0.25) is 0 Å². The lowest BCUT2D eigenvalue weighted by Gasteiger charge is -2.22. The van der Waals surface area contributed by atoms with Crippen LogP contribution >= 0.6 is 0 Å². The molecule has 0 spiro atoms. The van der Waals surface area contributed by atoms with Gasteiger partial charge in [-0.2, -0.15) is 0 Å². The molecule has 0 atom stereocenters. The van der Waals surface area contributed by atoms with E-state index in [0.29, 0.717) is 17.3 Å². The van der Waals surface area contributed by atoms with E-state index in [2.05, 4.69) is 69.2 Å². The lowest BCUT2D eigenvalue weighted by Crippen LogP contribution is -2.36. The number of fused-ring (bicyclic) bond motifs is 3. The molecule has 0 saturated carbocycles. The summed E-state index contributed by atoms with van der Waals surface area (Å²) >= 11 is 0. The average Bonchev–Trinajstić information content (AvgIpc) is 3.54. The van der Waals surface area contributed by atoms with Crippen molar-refractivity contribution < 1.29 is 13.9 Å². The summed E-state index contributed by atoms with van der Waals surface area (Å²) in [6.45, 7) is 10.5. The minimum absolute atomic E-state index is 0.0927. The molecule has 216 valence electrons. The lowest BCUT2D eigenvalue weighted by atomic mass is 10.0. The summed E-state index contributed by atoms with van der Waals surface area (Å²) in [5.41, 5.74) is 6.39. The Morgan fingerprint density at radius 2 is 1.86 bits per heavy atom. The van der Waals surface area contributed by atoms with Crippen molar-refractivity contribution in [1.82, 2.24) is 14.8 Å². The molecule has 4 aliphatic rings. The van der Waals surface area contributed by atoms with Gasteiger partial charge in [0.1, 0.15) is 0 Å². The number of hydrogen-bond donors (Lipinski definition) is 2. The first-order valence-corrected chi connectivity index (χ1v) is 15.2. The van der Waals surface area contributed by atoms with Gasteiger partial charge in [0, 0.05) is 31.2 Å². The number of nitrogens with one attached hydrogen (secondary N) is 2. The van der Waals surface area contributed by atoms with Crippen molar-refractivity contribution in [3.63, 3.8) is 0 Å². The monoisotopic (exact) mass is 562 g/mol. The average molecular weight is 563 g/mol. The molecule has 0 bridgehead atoms. The van der Waals surface area contributed by atoms with Crippen LogP contribution in [0, 0.1) is 0 Å². The summed E-state index contributed by atoms with van der Waals surface area (Å²) in [4.78, 5) is 15.9. The fourth-order valence-electron chi connectivity index (χ4n) is 6.45. The molecule has 7 rings (SSSR count). The van der Waals surface area contributed by atoms with E-state index in [1.54, 1.807) is 0 Å². The van der Waals surface area contributed by atoms with E-state index in [1.807, 2.05) is 18.3 Å². The number of anilines is 1. The number of hydrogen-bond acceptors (Lipinski definition) is 5. The van der Waals surface area contributed by atoms with Crippen LogP contribution in [0.5, 0.6) is 0 Å². The summed E-state index contributed by atoms with van der Waals surface area (Å²) < 4.78 is 14.2. The van der Waals surface area contributed by atoms with Gasteiger partial charge >= 0.3 is 0 Å². The molecule has 0 unspecified atom stereocenters. The van der Waals surface area contributed by atoms with Crippen molar-refractivity contribution in [2.45, 2.75) is 32.1 Å². The zero-order valence-corrected chi connectivity index (χ0v) is 24.1. The van der Waals surface area contributed by atoms with Crippen LogP contribution in [0.3, 0.4) is 0 Å². The molecule has 0 aliphatic carbocycles. The SMILES string of the molecule is C=c1c(C(=O)NCCN2CCCC2)cn2c3cc4ccccc4cc3oc3c(NCCCC4=CCOCC4)ccc1c3-2. The van der Waals surface area contributed by atoms with Crippen molar-refractivity contribution >= 4 is 51.0 Å². The number of rotatable bonds is 9. The molecular formula is C35H38N4O3. The first kappa shape index (κ1) is 26.8. The highest BCUT2D eigenvalue weighted by Gasteiger charge is 2.22. The normalized spacial score (nSPS) is 16.0. The molecule has 4 heterocycles.